The average Bonchev–Trinajstić information content (AvgIpc) is 2.64. The molecule has 2 heterocycles. The number of carbonyl (C=O) groups is 1. The van der Waals surface area contributed by atoms with Crippen LogP contribution in [0.2, 0.25) is 0 Å². The molecule has 92 valence electrons. The van der Waals surface area contributed by atoms with Gasteiger partial charge >= 0.3 is 5.97 Å². The normalized spacial score (nSPS) is 33.1. The van der Waals surface area contributed by atoms with Crippen molar-refractivity contribution in [3.8, 4) is 0 Å². The molecule has 4 heteroatoms. The molecule has 2 saturated heterocycles. The number of rotatable bonds is 3. The van der Waals surface area contributed by atoms with Crippen LogP contribution in [-0.2, 0) is 9.53 Å². The molecule has 0 aliphatic carbocycles. The lowest BCUT2D eigenvalue weighted by molar-refractivity contribution is -0.143. The van der Waals surface area contributed by atoms with E-state index < -0.39 is 5.97 Å². The molecule has 0 aromatic rings. The first kappa shape index (κ1) is 11.9. The Morgan fingerprint density at radius 2 is 2.31 bits per heavy atom. The highest BCUT2D eigenvalue weighted by molar-refractivity contribution is 5.73. The van der Waals surface area contributed by atoms with Gasteiger partial charge in [0.2, 0.25) is 0 Å². The molecule has 16 heavy (non-hydrogen) atoms. The van der Waals surface area contributed by atoms with Gasteiger partial charge in [-0.15, -0.1) is 0 Å². The molecular formula is C12H21NO3. The fourth-order valence-corrected chi connectivity index (χ4v) is 2.96. The molecule has 2 aliphatic heterocycles. The fourth-order valence-electron chi connectivity index (χ4n) is 2.96. The first-order valence-electron chi connectivity index (χ1n) is 6.28. The molecule has 1 spiro atoms. The highest BCUT2D eigenvalue weighted by Gasteiger charge is 2.43. The van der Waals surface area contributed by atoms with Crippen molar-refractivity contribution >= 4 is 5.97 Å². The van der Waals surface area contributed by atoms with Crippen LogP contribution < -0.4 is 0 Å². The Hall–Kier alpha value is -0.610. The van der Waals surface area contributed by atoms with Gasteiger partial charge in [-0.1, -0.05) is 6.92 Å². The zero-order valence-corrected chi connectivity index (χ0v) is 9.95. The predicted molar refractivity (Wildman–Crippen MR) is 60.4 cm³/mol. The Morgan fingerprint density at radius 3 is 2.88 bits per heavy atom. The van der Waals surface area contributed by atoms with Crippen molar-refractivity contribution < 1.29 is 14.6 Å². The number of carboxylic acids is 1. The molecule has 2 fully saturated rings. The second-order valence-electron chi connectivity index (χ2n) is 4.97. The Balaban J connectivity index is 1.98. The molecule has 0 unspecified atom stereocenters. The van der Waals surface area contributed by atoms with Crippen molar-refractivity contribution in [3.63, 3.8) is 0 Å². The average molecular weight is 227 g/mol. The van der Waals surface area contributed by atoms with Gasteiger partial charge in [0.05, 0.1) is 5.60 Å². The van der Waals surface area contributed by atoms with Crippen LogP contribution in [0, 0.1) is 0 Å². The number of carboxylic acid groups (broad SMARTS) is 1. The summed E-state index contributed by atoms with van der Waals surface area (Å²) in [5, 5.41) is 9.14. The number of nitrogens with zero attached hydrogens (tertiary/aromatic N) is 1. The van der Waals surface area contributed by atoms with Gasteiger partial charge in [-0.2, -0.15) is 0 Å². The molecular weight excluding hydrogens is 206 g/mol. The molecule has 2 aliphatic rings. The summed E-state index contributed by atoms with van der Waals surface area (Å²) in [7, 11) is 0. The van der Waals surface area contributed by atoms with E-state index in [0.29, 0.717) is 6.42 Å². The SMILES string of the molecule is CC[C@H](C(=O)O)N1CC[C@@]2(CCCCO2)C1. The number of aliphatic carboxylic acids is 1. The van der Waals surface area contributed by atoms with Gasteiger partial charge in [-0.25, -0.2) is 0 Å². The molecule has 0 radical (unpaired) electrons. The zero-order chi connectivity index (χ0) is 11.6. The van der Waals surface area contributed by atoms with Crippen molar-refractivity contribution in [3.05, 3.63) is 0 Å². The third-order valence-electron chi connectivity index (χ3n) is 3.89. The minimum atomic E-state index is -0.699. The monoisotopic (exact) mass is 227 g/mol. The molecule has 0 bridgehead atoms. The van der Waals surface area contributed by atoms with E-state index in [4.69, 9.17) is 9.84 Å². The number of hydrogen-bond donors (Lipinski definition) is 1. The maximum absolute atomic E-state index is 11.1. The second kappa shape index (κ2) is 4.72. The van der Waals surface area contributed by atoms with E-state index in [2.05, 4.69) is 4.90 Å². The van der Waals surface area contributed by atoms with E-state index in [1.54, 1.807) is 0 Å². The van der Waals surface area contributed by atoms with Gasteiger partial charge in [0, 0.05) is 19.7 Å². The number of likely N-dealkylation sites (tertiary alicyclic amines) is 1. The van der Waals surface area contributed by atoms with Crippen LogP contribution in [0.15, 0.2) is 0 Å². The Labute approximate surface area is 96.6 Å². The minimum absolute atomic E-state index is 0.0267. The highest BCUT2D eigenvalue weighted by atomic mass is 16.5. The molecule has 4 nitrogen and oxygen atoms in total. The van der Waals surface area contributed by atoms with Gasteiger partial charge in [0.25, 0.3) is 0 Å². The van der Waals surface area contributed by atoms with E-state index in [1.165, 1.54) is 6.42 Å². The van der Waals surface area contributed by atoms with E-state index in [1.807, 2.05) is 6.92 Å². The van der Waals surface area contributed by atoms with Crippen LogP contribution in [0.25, 0.3) is 0 Å². The van der Waals surface area contributed by atoms with Gasteiger partial charge < -0.3 is 9.84 Å². The van der Waals surface area contributed by atoms with Crippen LogP contribution in [0.5, 0.6) is 0 Å². The smallest absolute Gasteiger partial charge is 0.320 e. The zero-order valence-electron chi connectivity index (χ0n) is 9.95. The molecule has 0 aromatic carbocycles. The van der Waals surface area contributed by atoms with Crippen LogP contribution in [0.3, 0.4) is 0 Å². The van der Waals surface area contributed by atoms with Crippen molar-refractivity contribution in [2.45, 2.75) is 50.7 Å². The maximum Gasteiger partial charge on any atom is 0.320 e. The summed E-state index contributed by atoms with van der Waals surface area (Å²) in [4.78, 5) is 13.2. The highest BCUT2D eigenvalue weighted by Crippen LogP contribution is 2.35. The summed E-state index contributed by atoms with van der Waals surface area (Å²) >= 11 is 0. The van der Waals surface area contributed by atoms with Crippen molar-refractivity contribution in [1.82, 2.24) is 4.90 Å². The van der Waals surface area contributed by atoms with Gasteiger partial charge in [0.15, 0.2) is 0 Å². The van der Waals surface area contributed by atoms with Gasteiger partial charge in [0.1, 0.15) is 6.04 Å². The quantitative estimate of drug-likeness (QED) is 0.793. The lowest BCUT2D eigenvalue weighted by atomic mass is 9.93. The molecule has 2 rings (SSSR count). The largest absolute Gasteiger partial charge is 0.480 e. The third-order valence-corrected chi connectivity index (χ3v) is 3.89. The second-order valence-corrected chi connectivity index (χ2v) is 4.97. The van der Waals surface area contributed by atoms with Crippen LogP contribution in [-0.4, -0.2) is 47.3 Å². The van der Waals surface area contributed by atoms with E-state index in [-0.39, 0.29) is 11.6 Å². The summed E-state index contributed by atoms with van der Waals surface area (Å²) in [5.41, 5.74) is -0.0267. The topological polar surface area (TPSA) is 49.8 Å². The molecule has 0 aromatic heterocycles. The summed E-state index contributed by atoms with van der Waals surface area (Å²) in [5.74, 6) is -0.699. The van der Waals surface area contributed by atoms with Gasteiger partial charge in [-0.3, -0.25) is 9.69 Å². The van der Waals surface area contributed by atoms with Crippen molar-refractivity contribution in [2.75, 3.05) is 19.7 Å². The fraction of sp³-hybridized carbons (Fsp3) is 0.917. The number of hydrogen-bond acceptors (Lipinski definition) is 3. The molecule has 2 atom stereocenters. The maximum atomic E-state index is 11.1. The Morgan fingerprint density at radius 1 is 1.50 bits per heavy atom. The molecule has 0 amide bonds. The summed E-state index contributed by atoms with van der Waals surface area (Å²) in [6.45, 7) is 4.45. The van der Waals surface area contributed by atoms with E-state index in [0.717, 1.165) is 39.0 Å². The van der Waals surface area contributed by atoms with E-state index >= 15 is 0 Å². The first-order chi connectivity index (χ1) is 7.67. The first-order valence-corrected chi connectivity index (χ1v) is 6.28. The van der Waals surface area contributed by atoms with Gasteiger partial charge in [-0.05, 0) is 32.1 Å². The number of ether oxygens (including phenoxy) is 1. The van der Waals surface area contributed by atoms with Crippen molar-refractivity contribution in [2.24, 2.45) is 0 Å². The van der Waals surface area contributed by atoms with Crippen LogP contribution >= 0.6 is 0 Å². The van der Waals surface area contributed by atoms with Crippen molar-refractivity contribution in [1.29, 1.82) is 0 Å². The summed E-state index contributed by atoms with van der Waals surface area (Å²) in [6, 6.07) is -0.329. The van der Waals surface area contributed by atoms with Crippen LogP contribution in [0.1, 0.15) is 39.0 Å². The predicted octanol–water partition coefficient (Wildman–Crippen LogP) is 1.49. The third kappa shape index (κ3) is 2.23. The van der Waals surface area contributed by atoms with Crippen LogP contribution in [0.4, 0.5) is 0 Å². The summed E-state index contributed by atoms with van der Waals surface area (Å²) < 4.78 is 5.90. The molecule has 1 N–H and O–H groups in total. The van der Waals surface area contributed by atoms with E-state index in [9.17, 15) is 4.79 Å². The lowest BCUT2D eigenvalue weighted by Gasteiger charge is -2.34. The summed E-state index contributed by atoms with van der Waals surface area (Å²) in [6.07, 6.45) is 5.14. The Bertz CT molecular complexity index is 261. The Kier molecular flexibility index (Phi) is 3.50. The lowest BCUT2D eigenvalue weighted by Crippen LogP contribution is -2.44. The standard InChI is InChI=1S/C12H21NO3/c1-2-10(11(14)15)13-7-6-12(9-13)5-3-4-8-16-12/h10H,2-9H2,1H3,(H,14,15)/t10-,12+/m1/s1. The minimum Gasteiger partial charge on any atom is -0.480 e. The molecule has 0 saturated carbocycles.